The predicted molar refractivity (Wildman–Crippen MR) is 92.0 cm³/mol. The number of imidazole rings is 1. The Labute approximate surface area is 144 Å². The Morgan fingerprint density at radius 2 is 2.04 bits per heavy atom. The van der Waals surface area contributed by atoms with Crippen molar-refractivity contribution in [3.05, 3.63) is 53.5 Å². The molecule has 3 heterocycles. The van der Waals surface area contributed by atoms with E-state index in [9.17, 15) is 9.59 Å². The summed E-state index contributed by atoms with van der Waals surface area (Å²) >= 11 is 0. The van der Waals surface area contributed by atoms with Gasteiger partial charge in [0.05, 0.1) is 11.8 Å². The number of hydrogen-bond acceptors (Lipinski definition) is 4. The molecule has 0 spiro atoms. The molecular formula is C18H20N4O3. The van der Waals surface area contributed by atoms with E-state index < -0.39 is 5.76 Å². The van der Waals surface area contributed by atoms with Gasteiger partial charge in [0.15, 0.2) is 5.58 Å². The first-order valence-electron chi connectivity index (χ1n) is 8.52. The number of rotatable bonds is 4. The molecule has 0 N–H and O–H groups in total. The first-order chi connectivity index (χ1) is 12.2. The van der Waals surface area contributed by atoms with Gasteiger partial charge in [-0.1, -0.05) is 12.1 Å². The molecule has 1 aliphatic heterocycles. The van der Waals surface area contributed by atoms with E-state index in [1.54, 1.807) is 18.3 Å². The van der Waals surface area contributed by atoms with Gasteiger partial charge in [-0.15, -0.1) is 0 Å². The number of aromatic nitrogens is 3. The van der Waals surface area contributed by atoms with E-state index in [2.05, 4.69) is 9.55 Å². The Bertz CT molecular complexity index is 917. The number of nitrogens with zero attached hydrogens (tertiary/aromatic N) is 4. The van der Waals surface area contributed by atoms with Crippen LogP contribution >= 0.6 is 0 Å². The zero-order chi connectivity index (χ0) is 17.2. The van der Waals surface area contributed by atoms with Gasteiger partial charge in [-0.05, 0) is 30.9 Å². The van der Waals surface area contributed by atoms with Crippen LogP contribution in [-0.2, 0) is 17.9 Å². The van der Waals surface area contributed by atoms with Crippen LogP contribution in [0.3, 0.4) is 0 Å². The summed E-state index contributed by atoms with van der Waals surface area (Å²) in [6.45, 7) is 2.42. The summed E-state index contributed by atoms with van der Waals surface area (Å²) in [5.74, 6) is 0.0370. The molecule has 1 aromatic carbocycles. The second-order valence-corrected chi connectivity index (χ2v) is 6.51. The van der Waals surface area contributed by atoms with Gasteiger partial charge in [-0.3, -0.25) is 9.36 Å². The number of hydrogen-bond donors (Lipinski definition) is 0. The molecular weight excluding hydrogens is 320 g/mol. The smallest absolute Gasteiger partial charge is 0.408 e. The van der Waals surface area contributed by atoms with E-state index in [1.807, 2.05) is 29.6 Å². The monoisotopic (exact) mass is 340 g/mol. The van der Waals surface area contributed by atoms with Gasteiger partial charge in [0.2, 0.25) is 5.91 Å². The number of amides is 1. The average molecular weight is 340 g/mol. The highest BCUT2D eigenvalue weighted by atomic mass is 16.4. The van der Waals surface area contributed by atoms with Crippen LogP contribution in [0.15, 0.2) is 52.2 Å². The van der Waals surface area contributed by atoms with Crippen molar-refractivity contribution in [1.29, 1.82) is 0 Å². The lowest BCUT2D eigenvalue weighted by Gasteiger charge is -2.32. The molecule has 0 radical (unpaired) electrons. The Morgan fingerprint density at radius 1 is 1.24 bits per heavy atom. The van der Waals surface area contributed by atoms with Crippen LogP contribution in [0, 0.1) is 5.92 Å². The summed E-state index contributed by atoms with van der Waals surface area (Å²) in [5, 5.41) is 0. The highest BCUT2D eigenvalue weighted by molar-refractivity contribution is 5.79. The van der Waals surface area contributed by atoms with Crippen molar-refractivity contribution in [3.8, 4) is 0 Å². The zero-order valence-corrected chi connectivity index (χ0v) is 13.9. The number of oxazole rings is 1. The van der Waals surface area contributed by atoms with Crippen molar-refractivity contribution < 1.29 is 9.21 Å². The fourth-order valence-corrected chi connectivity index (χ4v) is 3.46. The largest absolute Gasteiger partial charge is 0.420 e. The van der Waals surface area contributed by atoms with Crippen LogP contribution in [0.4, 0.5) is 0 Å². The molecule has 2 aromatic heterocycles. The van der Waals surface area contributed by atoms with E-state index in [1.165, 1.54) is 4.57 Å². The van der Waals surface area contributed by atoms with Crippen LogP contribution in [-0.4, -0.2) is 38.0 Å². The summed E-state index contributed by atoms with van der Waals surface area (Å²) in [6.07, 6.45) is 7.50. The molecule has 130 valence electrons. The van der Waals surface area contributed by atoms with Gasteiger partial charge in [0.25, 0.3) is 0 Å². The van der Waals surface area contributed by atoms with Gasteiger partial charge in [0.1, 0.15) is 6.54 Å². The maximum absolute atomic E-state index is 12.6. The van der Waals surface area contributed by atoms with Crippen LogP contribution in [0.25, 0.3) is 11.1 Å². The molecule has 7 nitrogen and oxygen atoms in total. The Balaban J connectivity index is 1.39. The number of likely N-dealkylation sites (tertiary alicyclic amines) is 1. The minimum Gasteiger partial charge on any atom is -0.408 e. The van der Waals surface area contributed by atoms with Crippen LogP contribution in [0.2, 0.25) is 0 Å². The van der Waals surface area contributed by atoms with Crippen LogP contribution < -0.4 is 5.76 Å². The predicted octanol–water partition coefficient (Wildman–Crippen LogP) is 1.73. The highest BCUT2D eigenvalue weighted by Gasteiger charge is 2.24. The molecule has 0 unspecified atom stereocenters. The van der Waals surface area contributed by atoms with Crippen molar-refractivity contribution in [2.45, 2.75) is 25.9 Å². The van der Waals surface area contributed by atoms with E-state index in [0.29, 0.717) is 17.0 Å². The van der Waals surface area contributed by atoms with Crippen molar-refractivity contribution in [1.82, 2.24) is 19.0 Å². The fourth-order valence-electron chi connectivity index (χ4n) is 3.46. The molecule has 1 fully saturated rings. The highest BCUT2D eigenvalue weighted by Crippen LogP contribution is 2.20. The number of piperidine rings is 1. The number of carbonyl (C=O) groups is 1. The maximum atomic E-state index is 12.6. The minimum absolute atomic E-state index is 0.0298. The van der Waals surface area contributed by atoms with Crippen LogP contribution in [0.5, 0.6) is 0 Å². The van der Waals surface area contributed by atoms with Gasteiger partial charge < -0.3 is 13.9 Å². The summed E-state index contributed by atoms with van der Waals surface area (Å²) in [4.78, 5) is 30.5. The topological polar surface area (TPSA) is 73.3 Å². The van der Waals surface area contributed by atoms with Crippen molar-refractivity contribution in [2.75, 3.05) is 13.1 Å². The van der Waals surface area contributed by atoms with E-state index in [4.69, 9.17) is 4.42 Å². The molecule has 1 aliphatic rings. The number of benzene rings is 1. The second-order valence-electron chi connectivity index (χ2n) is 6.51. The Hall–Kier alpha value is -2.83. The number of carbonyl (C=O) groups excluding carboxylic acids is 1. The lowest BCUT2D eigenvalue weighted by Crippen LogP contribution is -2.41. The maximum Gasteiger partial charge on any atom is 0.420 e. The summed E-state index contributed by atoms with van der Waals surface area (Å²) in [6, 6.07) is 7.17. The first kappa shape index (κ1) is 15.7. The van der Waals surface area contributed by atoms with E-state index >= 15 is 0 Å². The van der Waals surface area contributed by atoms with Crippen molar-refractivity contribution >= 4 is 17.0 Å². The molecule has 0 aliphatic carbocycles. The zero-order valence-electron chi connectivity index (χ0n) is 13.9. The fraction of sp³-hybridized carbons (Fsp3) is 0.389. The van der Waals surface area contributed by atoms with Gasteiger partial charge in [-0.2, -0.15) is 0 Å². The molecule has 1 amide bonds. The van der Waals surface area contributed by atoms with Gasteiger partial charge in [-0.25, -0.2) is 9.78 Å². The average Bonchev–Trinajstić information content (AvgIpc) is 3.24. The van der Waals surface area contributed by atoms with Crippen molar-refractivity contribution in [3.63, 3.8) is 0 Å². The number of para-hydroxylation sites is 2. The van der Waals surface area contributed by atoms with Crippen LogP contribution in [0.1, 0.15) is 12.8 Å². The van der Waals surface area contributed by atoms with E-state index in [-0.39, 0.29) is 12.5 Å². The standard InChI is InChI=1S/C18H20N4O3/c23-17(12-22-15-3-1-2-4-16(15)25-18(22)24)21-8-5-14(6-9-21)11-20-10-7-19-13-20/h1-4,7,10,13-14H,5-6,8-9,11-12H2. The SMILES string of the molecule is O=C(Cn1c(=O)oc2ccccc21)N1CCC(Cn2ccnc2)CC1. The molecule has 3 aromatic rings. The molecule has 0 bridgehead atoms. The molecule has 0 atom stereocenters. The lowest BCUT2D eigenvalue weighted by molar-refractivity contribution is -0.133. The third-order valence-electron chi connectivity index (χ3n) is 4.86. The second kappa shape index (κ2) is 6.58. The van der Waals surface area contributed by atoms with E-state index in [0.717, 1.165) is 32.5 Å². The molecule has 4 rings (SSSR count). The summed E-state index contributed by atoms with van der Waals surface area (Å²) in [7, 11) is 0. The Morgan fingerprint density at radius 3 is 2.80 bits per heavy atom. The third kappa shape index (κ3) is 3.22. The lowest BCUT2D eigenvalue weighted by atomic mass is 9.96. The minimum atomic E-state index is -0.482. The first-order valence-corrected chi connectivity index (χ1v) is 8.52. The summed E-state index contributed by atoms with van der Waals surface area (Å²) in [5.41, 5.74) is 1.18. The molecule has 7 heteroatoms. The Kier molecular flexibility index (Phi) is 4.13. The number of fused-ring (bicyclic) bond motifs is 1. The normalized spacial score (nSPS) is 15.8. The van der Waals surface area contributed by atoms with Gasteiger partial charge >= 0.3 is 5.76 Å². The summed E-state index contributed by atoms with van der Waals surface area (Å²) < 4.78 is 8.69. The third-order valence-corrected chi connectivity index (χ3v) is 4.86. The van der Waals surface area contributed by atoms with Gasteiger partial charge in [0, 0.05) is 32.0 Å². The molecule has 1 saturated heterocycles. The van der Waals surface area contributed by atoms with Crippen molar-refractivity contribution in [2.24, 2.45) is 5.92 Å². The molecule has 0 saturated carbocycles. The molecule has 25 heavy (non-hydrogen) atoms. The quantitative estimate of drug-likeness (QED) is 0.725.